The van der Waals surface area contributed by atoms with Crippen LogP contribution in [0.4, 0.5) is 5.13 Å². The highest BCUT2D eigenvalue weighted by atomic mass is 127. The normalized spacial score (nSPS) is 10.6. The first-order valence-corrected chi connectivity index (χ1v) is 4.36. The number of thiazole rings is 1. The number of hydrogen-bond acceptors (Lipinski definition) is 3. The second-order valence-corrected chi connectivity index (χ2v) is 4.11. The van der Waals surface area contributed by atoms with E-state index in [1.54, 1.807) is 0 Å². The summed E-state index contributed by atoms with van der Waals surface area (Å²) >= 11 is 3.70. The van der Waals surface area contributed by atoms with Crippen molar-refractivity contribution in [1.82, 2.24) is 4.98 Å². The van der Waals surface area contributed by atoms with Crippen LogP contribution in [0.25, 0.3) is 0 Å². The Balaban J connectivity index is 2.85. The summed E-state index contributed by atoms with van der Waals surface area (Å²) in [7, 11) is 0. The summed E-state index contributed by atoms with van der Waals surface area (Å²) in [5.41, 5.74) is 6.41. The molecule has 0 saturated carbocycles. The van der Waals surface area contributed by atoms with E-state index in [-0.39, 0.29) is 0 Å². The molecule has 0 aliphatic heterocycles. The van der Waals surface area contributed by atoms with E-state index in [1.807, 2.05) is 12.3 Å². The second kappa shape index (κ2) is 2.83. The molecule has 2 nitrogen and oxygen atoms in total. The lowest BCUT2D eigenvalue weighted by Gasteiger charge is -1.91. The fourth-order valence-electron chi connectivity index (χ4n) is 0.446. The summed E-state index contributed by atoms with van der Waals surface area (Å²) in [6, 6.07) is 0. The minimum Gasteiger partial charge on any atom is -0.375 e. The number of hydrogen-bond donors (Lipinski definition) is 1. The van der Waals surface area contributed by atoms with Crippen molar-refractivity contribution >= 4 is 39.1 Å². The third-order valence-corrected chi connectivity index (χ3v) is 2.10. The van der Waals surface area contributed by atoms with Crippen LogP contribution in [-0.2, 0) is 0 Å². The molecule has 0 spiro atoms. The van der Waals surface area contributed by atoms with Crippen molar-refractivity contribution in [2.75, 3.05) is 5.73 Å². The zero-order valence-corrected chi connectivity index (χ0v) is 7.86. The van der Waals surface area contributed by atoms with E-state index in [4.69, 9.17) is 5.73 Å². The lowest BCUT2D eigenvalue weighted by Crippen LogP contribution is -1.86. The van der Waals surface area contributed by atoms with Crippen molar-refractivity contribution in [3.8, 4) is 0 Å². The molecule has 9 heavy (non-hydrogen) atoms. The summed E-state index contributed by atoms with van der Waals surface area (Å²) < 4.78 is 1.18. The van der Waals surface area contributed by atoms with Gasteiger partial charge in [0.1, 0.15) is 0 Å². The maximum Gasteiger partial charge on any atom is 0.180 e. The highest BCUT2D eigenvalue weighted by molar-refractivity contribution is 14.1. The number of nitrogens with two attached hydrogens (primary N) is 1. The molecule has 0 atom stereocenters. The zero-order valence-electron chi connectivity index (χ0n) is 4.89. The number of halogens is 1. The van der Waals surface area contributed by atoms with Gasteiger partial charge in [-0.3, -0.25) is 0 Å². The van der Waals surface area contributed by atoms with Crippen LogP contribution >= 0.6 is 33.9 Å². The molecule has 1 heterocycles. The minimum atomic E-state index is 0.640. The third kappa shape index (κ3) is 1.79. The van der Waals surface area contributed by atoms with Gasteiger partial charge in [-0.25, -0.2) is 4.98 Å². The van der Waals surface area contributed by atoms with Gasteiger partial charge >= 0.3 is 0 Å². The Morgan fingerprint density at radius 2 is 2.56 bits per heavy atom. The zero-order chi connectivity index (χ0) is 6.85. The van der Waals surface area contributed by atoms with E-state index in [2.05, 4.69) is 27.6 Å². The highest BCUT2D eigenvalue weighted by Gasteiger charge is 2.03. The largest absolute Gasteiger partial charge is 0.375 e. The lowest BCUT2D eigenvalue weighted by atomic mass is 10.4. The molecule has 0 bridgehead atoms. The Morgan fingerprint density at radius 1 is 1.89 bits per heavy atom. The van der Waals surface area contributed by atoms with Gasteiger partial charge in [-0.15, -0.1) is 11.3 Å². The number of anilines is 1. The average Bonchev–Trinajstić information content (AvgIpc) is 2.14. The van der Waals surface area contributed by atoms with E-state index in [1.165, 1.54) is 15.3 Å². The number of rotatable bonds is 1. The molecule has 49 valence electrons. The van der Waals surface area contributed by atoms with Crippen molar-refractivity contribution in [2.24, 2.45) is 0 Å². The standard InChI is InChI=1S/C5H6IN2S/c1-3(6)4-2-9-5(7)8-4/h2H,1H3,(H2,7,8). The van der Waals surface area contributed by atoms with Crippen LogP contribution in [0.2, 0.25) is 0 Å². The van der Waals surface area contributed by atoms with Gasteiger partial charge < -0.3 is 5.73 Å². The predicted octanol–water partition coefficient (Wildman–Crippen LogP) is 2.06. The molecular weight excluding hydrogens is 247 g/mol. The first-order chi connectivity index (χ1) is 4.20. The Kier molecular flexibility index (Phi) is 2.29. The fourth-order valence-corrected chi connectivity index (χ4v) is 1.55. The Bertz CT molecular complexity index is 197. The van der Waals surface area contributed by atoms with E-state index in [0.29, 0.717) is 5.13 Å². The summed E-state index contributed by atoms with van der Waals surface area (Å²) in [4.78, 5) is 4.06. The highest BCUT2D eigenvalue weighted by Crippen LogP contribution is 2.23. The smallest absolute Gasteiger partial charge is 0.180 e. The van der Waals surface area contributed by atoms with Gasteiger partial charge in [0.15, 0.2) is 5.13 Å². The molecule has 0 aliphatic carbocycles. The first kappa shape index (κ1) is 7.27. The Morgan fingerprint density at radius 3 is 2.78 bits per heavy atom. The second-order valence-electron chi connectivity index (χ2n) is 1.60. The lowest BCUT2D eigenvalue weighted by molar-refractivity contribution is 1.25. The molecule has 1 rings (SSSR count). The molecule has 2 N–H and O–H groups in total. The van der Waals surface area contributed by atoms with E-state index >= 15 is 0 Å². The van der Waals surface area contributed by atoms with Crippen LogP contribution in [0.15, 0.2) is 5.38 Å². The van der Waals surface area contributed by atoms with Crippen LogP contribution in [0.5, 0.6) is 0 Å². The molecule has 0 unspecified atom stereocenters. The van der Waals surface area contributed by atoms with Gasteiger partial charge in [-0.2, -0.15) is 0 Å². The van der Waals surface area contributed by atoms with Crippen LogP contribution < -0.4 is 5.73 Å². The molecule has 1 aromatic heterocycles. The van der Waals surface area contributed by atoms with Gasteiger partial charge in [0, 0.05) is 5.38 Å². The van der Waals surface area contributed by atoms with Crippen LogP contribution in [0.3, 0.4) is 0 Å². The van der Waals surface area contributed by atoms with E-state index in [0.717, 1.165) is 5.69 Å². The Labute approximate surface area is 71.6 Å². The van der Waals surface area contributed by atoms with E-state index in [9.17, 15) is 0 Å². The van der Waals surface area contributed by atoms with Gasteiger partial charge in [0.05, 0.1) is 9.62 Å². The van der Waals surface area contributed by atoms with Crippen LogP contribution in [-0.4, -0.2) is 4.98 Å². The molecule has 0 aromatic carbocycles. The fraction of sp³-hybridized carbons (Fsp3) is 0.200. The third-order valence-electron chi connectivity index (χ3n) is 0.875. The van der Waals surface area contributed by atoms with Crippen molar-refractivity contribution < 1.29 is 0 Å². The maximum absolute atomic E-state index is 5.41. The van der Waals surface area contributed by atoms with E-state index < -0.39 is 0 Å². The average molecular weight is 253 g/mol. The molecule has 0 saturated heterocycles. The quantitative estimate of drug-likeness (QED) is 0.778. The van der Waals surface area contributed by atoms with Gasteiger partial charge in [0.2, 0.25) is 0 Å². The first-order valence-electron chi connectivity index (χ1n) is 2.40. The molecule has 0 fully saturated rings. The summed E-state index contributed by atoms with van der Waals surface area (Å²) in [6.07, 6.45) is 0. The maximum atomic E-state index is 5.41. The molecule has 1 radical (unpaired) electrons. The van der Waals surface area contributed by atoms with Gasteiger partial charge in [-0.05, 0) is 6.92 Å². The number of nitrogens with zero attached hydrogens (tertiary/aromatic N) is 1. The Hall–Kier alpha value is 0.160. The van der Waals surface area contributed by atoms with Crippen molar-refractivity contribution in [1.29, 1.82) is 0 Å². The van der Waals surface area contributed by atoms with Crippen LogP contribution in [0.1, 0.15) is 12.6 Å². The summed E-state index contributed by atoms with van der Waals surface area (Å²) in [5.74, 6) is 0. The molecule has 4 heteroatoms. The monoisotopic (exact) mass is 253 g/mol. The molecule has 0 aliphatic rings. The minimum absolute atomic E-state index is 0.640. The van der Waals surface area contributed by atoms with Gasteiger partial charge in [0.25, 0.3) is 0 Å². The SMILES string of the molecule is C[C](I)c1csc(N)n1. The van der Waals surface area contributed by atoms with Gasteiger partial charge in [-0.1, -0.05) is 22.6 Å². The number of nitrogen functional groups attached to an aromatic ring is 1. The predicted molar refractivity (Wildman–Crippen MR) is 48.6 cm³/mol. The van der Waals surface area contributed by atoms with Crippen molar-refractivity contribution in [2.45, 2.75) is 6.92 Å². The number of aromatic nitrogens is 1. The van der Waals surface area contributed by atoms with Crippen molar-refractivity contribution in [3.05, 3.63) is 15.0 Å². The molecular formula is C5H6IN2S. The van der Waals surface area contributed by atoms with Crippen LogP contribution in [0, 0.1) is 3.92 Å². The topological polar surface area (TPSA) is 38.9 Å². The summed E-state index contributed by atoms with van der Waals surface area (Å²) in [6.45, 7) is 2.01. The molecule has 1 aromatic rings. The molecule has 0 amide bonds. The summed E-state index contributed by atoms with van der Waals surface area (Å²) in [5, 5.41) is 2.60. The van der Waals surface area contributed by atoms with Crippen molar-refractivity contribution in [3.63, 3.8) is 0 Å².